The third-order valence-electron chi connectivity index (χ3n) is 4.11. The van der Waals surface area contributed by atoms with Crippen LogP contribution in [0.4, 0.5) is 11.6 Å². The van der Waals surface area contributed by atoms with Crippen LogP contribution in [0.3, 0.4) is 0 Å². The van der Waals surface area contributed by atoms with Gasteiger partial charge >= 0.3 is 0 Å². The van der Waals surface area contributed by atoms with Crippen LogP contribution >= 0.6 is 0 Å². The molecule has 5 heteroatoms. The highest BCUT2D eigenvalue weighted by molar-refractivity contribution is 5.49. The van der Waals surface area contributed by atoms with Gasteiger partial charge in [0, 0.05) is 38.8 Å². The summed E-state index contributed by atoms with van der Waals surface area (Å²) in [6.07, 6.45) is 1.65. The van der Waals surface area contributed by atoms with Crippen molar-refractivity contribution in [1.29, 1.82) is 0 Å². The first-order valence-electron chi connectivity index (χ1n) is 7.92. The maximum absolute atomic E-state index is 4.43. The second-order valence-corrected chi connectivity index (χ2v) is 5.52. The monoisotopic (exact) mass is 297 g/mol. The maximum atomic E-state index is 4.43. The predicted molar refractivity (Wildman–Crippen MR) is 90.1 cm³/mol. The molecule has 0 aliphatic carbocycles. The van der Waals surface area contributed by atoms with Gasteiger partial charge in [-0.05, 0) is 12.1 Å². The minimum Gasteiger partial charge on any atom is -0.366 e. The van der Waals surface area contributed by atoms with E-state index < -0.39 is 0 Å². The molecule has 0 unspecified atom stereocenters. The molecule has 1 aliphatic heterocycles. The largest absolute Gasteiger partial charge is 0.366 e. The Kier molecular flexibility index (Phi) is 4.85. The molecule has 22 heavy (non-hydrogen) atoms. The molecule has 2 aromatic rings. The van der Waals surface area contributed by atoms with E-state index in [1.165, 1.54) is 5.56 Å². The normalized spacial score (nSPS) is 15.8. The van der Waals surface area contributed by atoms with Gasteiger partial charge in [0.05, 0.1) is 0 Å². The zero-order valence-electron chi connectivity index (χ0n) is 13.1. The fourth-order valence-electron chi connectivity index (χ4n) is 2.70. The summed E-state index contributed by atoms with van der Waals surface area (Å²) >= 11 is 0. The smallest absolute Gasteiger partial charge is 0.134 e. The van der Waals surface area contributed by atoms with Gasteiger partial charge in [-0.2, -0.15) is 0 Å². The summed E-state index contributed by atoms with van der Waals surface area (Å²) in [5, 5.41) is 3.37. The van der Waals surface area contributed by atoms with Crippen molar-refractivity contribution in [3.8, 4) is 0 Å². The highest BCUT2D eigenvalue weighted by atomic mass is 15.3. The lowest BCUT2D eigenvalue weighted by atomic mass is 10.2. The number of hydrogen-bond donors (Lipinski definition) is 1. The van der Waals surface area contributed by atoms with Crippen molar-refractivity contribution in [2.24, 2.45) is 0 Å². The van der Waals surface area contributed by atoms with Gasteiger partial charge in [-0.1, -0.05) is 37.3 Å². The van der Waals surface area contributed by atoms with Crippen LogP contribution in [0.5, 0.6) is 0 Å². The SMILES string of the molecule is CCN1CCN(c2cc(NCc3ccccc3)ncn2)CC1. The van der Waals surface area contributed by atoms with Crippen LogP contribution in [0.15, 0.2) is 42.7 Å². The van der Waals surface area contributed by atoms with Crippen molar-refractivity contribution in [1.82, 2.24) is 14.9 Å². The van der Waals surface area contributed by atoms with Gasteiger partial charge in [-0.3, -0.25) is 0 Å². The van der Waals surface area contributed by atoms with Gasteiger partial charge in [0.2, 0.25) is 0 Å². The van der Waals surface area contributed by atoms with E-state index >= 15 is 0 Å². The molecular weight excluding hydrogens is 274 g/mol. The molecule has 0 atom stereocenters. The van der Waals surface area contributed by atoms with Gasteiger partial charge in [0.15, 0.2) is 0 Å². The summed E-state index contributed by atoms with van der Waals surface area (Å²) in [5.41, 5.74) is 1.25. The number of hydrogen-bond acceptors (Lipinski definition) is 5. The lowest BCUT2D eigenvalue weighted by Crippen LogP contribution is -2.46. The Balaban J connectivity index is 1.60. The predicted octanol–water partition coefficient (Wildman–Crippen LogP) is 2.23. The van der Waals surface area contributed by atoms with Crippen LogP contribution in [0.1, 0.15) is 12.5 Å². The Labute approximate surface area is 132 Å². The second kappa shape index (κ2) is 7.22. The molecule has 0 radical (unpaired) electrons. The van der Waals surface area contributed by atoms with E-state index in [1.54, 1.807) is 6.33 Å². The lowest BCUT2D eigenvalue weighted by Gasteiger charge is -2.34. The molecule has 2 heterocycles. The number of likely N-dealkylation sites (N-methyl/N-ethyl adjacent to an activating group) is 1. The van der Waals surface area contributed by atoms with Crippen molar-refractivity contribution >= 4 is 11.6 Å². The molecule has 3 rings (SSSR count). The highest BCUT2D eigenvalue weighted by Gasteiger charge is 2.17. The number of aromatic nitrogens is 2. The van der Waals surface area contributed by atoms with E-state index in [-0.39, 0.29) is 0 Å². The molecule has 1 saturated heterocycles. The fourth-order valence-corrected chi connectivity index (χ4v) is 2.70. The van der Waals surface area contributed by atoms with E-state index in [2.05, 4.69) is 56.3 Å². The number of piperazine rings is 1. The lowest BCUT2D eigenvalue weighted by molar-refractivity contribution is 0.270. The van der Waals surface area contributed by atoms with Crippen molar-refractivity contribution in [2.75, 3.05) is 42.9 Å². The molecule has 1 aromatic heterocycles. The number of anilines is 2. The third-order valence-corrected chi connectivity index (χ3v) is 4.11. The van der Waals surface area contributed by atoms with E-state index in [0.29, 0.717) is 0 Å². The summed E-state index contributed by atoms with van der Waals surface area (Å²) in [4.78, 5) is 13.5. The topological polar surface area (TPSA) is 44.3 Å². The Morgan fingerprint density at radius 3 is 2.55 bits per heavy atom. The van der Waals surface area contributed by atoms with Gasteiger partial charge in [0.1, 0.15) is 18.0 Å². The van der Waals surface area contributed by atoms with Crippen LogP contribution in [0, 0.1) is 0 Å². The zero-order chi connectivity index (χ0) is 15.2. The van der Waals surface area contributed by atoms with Crippen molar-refractivity contribution in [3.05, 3.63) is 48.3 Å². The molecule has 0 bridgehead atoms. The van der Waals surface area contributed by atoms with Crippen molar-refractivity contribution in [3.63, 3.8) is 0 Å². The van der Waals surface area contributed by atoms with Crippen LogP contribution in [-0.2, 0) is 6.54 Å². The van der Waals surface area contributed by atoms with Crippen LogP contribution in [0.2, 0.25) is 0 Å². The van der Waals surface area contributed by atoms with Gasteiger partial charge in [-0.25, -0.2) is 9.97 Å². The first kappa shape index (κ1) is 14.8. The Hall–Kier alpha value is -2.14. The molecule has 1 aliphatic rings. The highest BCUT2D eigenvalue weighted by Crippen LogP contribution is 2.16. The van der Waals surface area contributed by atoms with Crippen LogP contribution in [0.25, 0.3) is 0 Å². The molecular formula is C17H23N5. The molecule has 0 spiro atoms. The maximum Gasteiger partial charge on any atom is 0.134 e. The molecule has 0 saturated carbocycles. The van der Waals surface area contributed by atoms with Crippen LogP contribution < -0.4 is 10.2 Å². The van der Waals surface area contributed by atoms with Crippen molar-refractivity contribution < 1.29 is 0 Å². The number of rotatable bonds is 5. The standard InChI is InChI=1S/C17H23N5/c1-2-21-8-10-22(11-9-21)17-12-16(19-14-20-17)18-13-15-6-4-3-5-7-15/h3-7,12,14H,2,8-11,13H2,1H3,(H,18,19,20). The minimum absolute atomic E-state index is 0.779. The number of benzene rings is 1. The summed E-state index contributed by atoms with van der Waals surface area (Å²) in [5.74, 6) is 1.90. The number of nitrogens with zero attached hydrogens (tertiary/aromatic N) is 4. The number of nitrogens with one attached hydrogen (secondary N) is 1. The Morgan fingerprint density at radius 1 is 1.05 bits per heavy atom. The molecule has 5 nitrogen and oxygen atoms in total. The van der Waals surface area contributed by atoms with E-state index in [1.807, 2.05) is 12.1 Å². The first-order valence-corrected chi connectivity index (χ1v) is 7.92. The molecule has 1 aromatic carbocycles. The average Bonchev–Trinajstić information content (AvgIpc) is 2.61. The second-order valence-electron chi connectivity index (χ2n) is 5.52. The minimum atomic E-state index is 0.779. The van der Waals surface area contributed by atoms with Gasteiger partial charge in [-0.15, -0.1) is 0 Å². The summed E-state index contributed by atoms with van der Waals surface area (Å²) in [7, 11) is 0. The average molecular weight is 297 g/mol. The third kappa shape index (κ3) is 3.74. The summed E-state index contributed by atoms with van der Waals surface area (Å²) < 4.78 is 0. The summed E-state index contributed by atoms with van der Waals surface area (Å²) in [6.45, 7) is 8.39. The van der Waals surface area contributed by atoms with Crippen LogP contribution in [-0.4, -0.2) is 47.6 Å². The molecule has 1 N–H and O–H groups in total. The van der Waals surface area contributed by atoms with E-state index in [0.717, 1.165) is 50.9 Å². The summed E-state index contributed by atoms with van der Waals surface area (Å²) in [6, 6.07) is 12.4. The first-order chi connectivity index (χ1) is 10.8. The van der Waals surface area contributed by atoms with Crippen molar-refractivity contribution in [2.45, 2.75) is 13.5 Å². The quantitative estimate of drug-likeness (QED) is 0.917. The van der Waals surface area contributed by atoms with E-state index in [9.17, 15) is 0 Å². The molecule has 0 amide bonds. The molecule has 116 valence electrons. The Bertz CT molecular complexity index is 579. The van der Waals surface area contributed by atoms with E-state index in [4.69, 9.17) is 0 Å². The van der Waals surface area contributed by atoms with Gasteiger partial charge in [0.25, 0.3) is 0 Å². The van der Waals surface area contributed by atoms with Gasteiger partial charge < -0.3 is 15.1 Å². The molecule has 1 fully saturated rings. The zero-order valence-corrected chi connectivity index (χ0v) is 13.1. The Morgan fingerprint density at radius 2 is 1.82 bits per heavy atom. The fraction of sp³-hybridized carbons (Fsp3) is 0.412.